The van der Waals surface area contributed by atoms with E-state index in [1.807, 2.05) is 29.2 Å². The lowest BCUT2D eigenvalue weighted by molar-refractivity contribution is -0.126. The number of rotatable bonds is 3. The summed E-state index contributed by atoms with van der Waals surface area (Å²) >= 11 is 12.1. The van der Waals surface area contributed by atoms with Crippen molar-refractivity contribution in [3.63, 3.8) is 0 Å². The number of benzene rings is 1. The predicted octanol–water partition coefficient (Wildman–Crippen LogP) is 3.75. The number of hydrogen-bond acceptors (Lipinski definition) is 3. The molecule has 3 rings (SSSR count). The standard InChI is InChI=1S/C18H17Cl2N3O/c19-16-3-1-2-14(18(16)20)4-5-17(24)23-12-10-22(11-13-23)15-6-8-21-9-7-15/h1-9H,10-13H2/b5-4+. The lowest BCUT2D eigenvalue weighted by Gasteiger charge is -2.35. The third-order valence-corrected chi connectivity index (χ3v) is 4.84. The fourth-order valence-electron chi connectivity index (χ4n) is 2.66. The largest absolute Gasteiger partial charge is 0.368 e. The Hall–Kier alpha value is -2.04. The molecule has 1 aliphatic rings. The van der Waals surface area contributed by atoms with Gasteiger partial charge in [0, 0.05) is 50.3 Å². The van der Waals surface area contributed by atoms with E-state index in [9.17, 15) is 4.79 Å². The van der Waals surface area contributed by atoms with Gasteiger partial charge in [0.1, 0.15) is 0 Å². The summed E-state index contributed by atoms with van der Waals surface area (Å²) in [6.07, 6.45) is 6.83. The van der Waals surface area contributed by atoms with Gasteiger partial charge in [0.15, 0.2) is 0 Å². The molecule has 24 heavy (non-hydrogen) atoms. The first kappa shape index (κ1) is 16.8. The van der Waals surface area contributed by atoms with Crippen molar-refractivity contribution in [2.45, 2.75) is 0 Å². The molecule has 0 unspecified atom stereocenters. The smallest absolute Gasteiger partial charge is 0.246 e. The van der Waals surface area contributed by atoms with Crippen LogP contribution in [-0.4, -0.2) is 42.0 Å². The molecule has 1 aliphatic heterocycles. The summed E-state index contributed by atoms with van der Waals surface area (Å²) in [5.74, 6) is -0.0135. The monoisotopic (exact) mass is 361 g/mol. The van der Waals surface area contributed by atoms with Crippen LogP contribution in [0.15, 0.2) is 48.8 Å². The maximum atomic E-state index is 12.3. The van der Waals surface area contributed by atoms with Crippen molar-refractivity contribution < 1.29 is 4.79 Å². The first-order valence-corrected chi connectivity index (χ1v) is 8.47. The maximum absolute atomic E-state index is 12.3. The van der Waals surface area contributed by atoms with Crippen molar-refractivity contribution in [2.24, 2.45) is 0 Å². The highest BCUT2D eigenvalue weighted by Gasteiger charge is 2.19. The van der Waals surface area contributed by atoms with E-state index in [0.29, 0.717) is 23.1 Å². The summed E-state index contributed by atoms with van der Waals surface area (Å²) in [5.41, 5.74) is 1.88. The van der Waals surface area contributed by atoms with E-state index in [0.717, 1.165) is 24.3 Å². The van der Waals surface area contributed by atoms with Crippen molar-refractivity contribution in [1.29, 1.82) is 0 Å². The minimum atomic E-state index is -0.0135. The molecule has 1 saturated heterocycles. The van der Waals surface area contributed by atoms with Crippen LogP contribution in [0.3, 0.4) is 0 Å². The van der Waals surface area contributed by atoms with Crippen molar-refractivity contribution in [3.8, 4) is 0 Å². The molecule has 0 atom stereocenters. The van der Waals surface area contributed by atoms with Gasteiger partial charge in [-0.2, -0.15) is 0 Å². The van der Waals surface area contributed by atoms with Gasteiger partial charge in [-0.1, -0.05) is 35.3 Å². The molecule has 1 fully saturated rings. The zero-order valence-electron chi connectivity index (χ0n) is 13.0. The van der Waals surface area contributed by atoms with Crippen LogP contribution in [0.5, 0.6) is 0 Å². The average molecular weight is 362 g/mol. The van der Waals surface area contributed by atoms with Crippen molar-refractivity contribution in [1.82, 2.24) is 9.88 Å². The molecule has 1 amide bonds. The summed E-state index contributed by atoms with van der Waals surface area (Å²) in [4.78, 5) is 20.5. The van der Waals surface area contributed by atoms with Gasteiger partial charge in [0.05, 0.1) is 10.0 Å². The number of aromatic nitrogens is 1. The Morgan fingerprint density at radius 3 is 2.46 bits per heavy atom. The molecular formula is C18H17Cl2N3O. The Balaban J connectivity index is 1.59. The summed E-state index contributed by atoms with van der Waals surface area (Å²) in [5, 5.41) is 0.947. The van der Waals surface area contributed by atoms with Crippen LogP contribution >= 0.6 is 23.2 Å². The van der Waals surface area contributed by atoms with Gasteiger partial charge in [-0.3, -0.25) is 9.78 Å². The summed E-state index contributed by atoms with van der Waals surface area (Å²) in [7, 11) is 0. The number of piperazine rings is 1. The average Bonchev–Trinajstić information content (AvgIpc) is 2.63. The van der Waals surface area contributed by atoms with Crippen LogP contribution in [0.4, 0.5) is 5.69 Å². The lowest BCUT2D eigenvalue weighted by atomic mass is 10.2. The molecule has 4 nitrogen and oxygen atoms in total. The summed E-state index contributed by atoms with van der Waals surface area (Å²) < 4.78 is 0. The number of carbonyl (C=O) groups is 1. The fourth-order valence-corrected chi connectivity index (χ4v) is 3.03. The van der Waals surface area contributed by atoms with Crippen LogP contribution in [-0.2, 0) is 4.79 Å². The zero-order chi connectivity index (χ0) is 16.9. The van der Waals surface area contributed by atoms with Crippen LogP contribution < -0.4 is 4.90 Å². The molecule has 6 heteroatoms. The molecule has 124 valence electrons. The molecule has 0 radical (unpaired) electrons. The third kappa shape index (κ3) is 3.89. The Labute approximate surface area is 151 Å². The fraction of sp³-hybridized carbons (Fsp3) is 0.222. The summed E-state index contributed by atoms with van der Waals surface area (Å²) in [6, 6.07) is 9.34. The van der Waals surface area contributed by atoms with Gasteiger partial charge in [-0.05, 0) is 29.8 Å². The Kier molecular flexibility index (Phi) is 5.38. The minimum absolute atomic E-state index is 0.0135. The number of carbonyl (C=O) groups excluding carboxylic acids is 1. The van der Waals surface area contributed by atoms with Crippen LogP contribution in [0.2, 0.25) is 10.0 Å². The quantitative estimate of drug-likeness (QED) is 0.781. The zero-order valence-corrected chi connectivity index (χ0v) is 14.5. The third-order valence-electron chi connectivity index (χ3n) is 4.01. The van der Waals surface area contributed by atoms with E-state index in [1.165, 1.54) is 0 Å². The number of halogens is 2. The molecule has 0 aliphatic carbocycles. The van der Waals surface area contributed by atoms with Crippen molar-refractivity contribution in [3.05, 3.63) is 64.4 Å². The normalized spacial score (nSPS) is 15.1. The van der Waals surface area contributed by atoms with Gasteiger partial charge in [-0.15, -0.1) is 0 Å². The van der Waals surface area contributed by atoms with Crippen molar-refractivity contribution >= 4 is 40.9 Å². The molecule has 1 aromatic heterocycles. The number of pyridine rings is 1. The van der Waals surface area contributed by atoms with Crippen LogP contribution in [0.25, 0.3) is 6.08 Å². The molecule has 2 heterocycles. The van der Waals surface area contributed by atoms with E-state index in [4.69, 9.17) is 23.2 Å². The first-order chi connectivity index (χ1) is 11.6. The topological polar surface area (TPSA) is 36.4 Å². The number of anilines is 1. The van der Waals surface area contributed by atoms with Gasteiger partial charge >= 0.3 is 0 Å². The van der Waals surface area contributed by atoms with Gasteiger partial charge in [0.25, 0.3) is 0 Å². The first-order valence-electron chi connectivity index (χ1n) is 7.71. The predicted molar refractivity (Wildman–Crippen MR) is 98.5 cm³/mol. The van der Waals surface area contributed by atoms with E-state index in [1.54, 1.807) is 30.6 Å². The summed E-state index contributed by atoms with van der Waals surface area (Å²) in [6.45, 7) is 2.99. The SMILES string of the molecule is O=C(/C=C/c1cccc(Cl)c1Cl)N1CCN(c2ccncc2)CC1. The van der Waals surface area contributed by atoms with Gasteiger partial charge < -0.3 is 9.80 Å². The highest BCUT2D eigenvalue weighted by Crippen LogP contribution is 2.26. The van der Waals surface area contributed by atoms with E-state index >= 15 is 0 Å². The number of hydrogen-bond donors (Lipinski definition) is 0. The molecule has 2 aromatic rings. The number of amides is 1. The maximum Gasteiger partial charge on any atom is 0.246 e. The minimum Gasteiger partial charge on any atom is -0.368 e. The molecule has 0 spiro atoms. The van der Waals surface area contributed by atoms with E-state index < -0.39 is 0 Å². The van der Waals surface area contributed by atoms with Gasteiger partial charge in [-0.25, -0.2) is 0 Å². The van der Waals surface area contributed by atoms with E-state index in [2.05, 4.69) is 9.88 Å². The van der Waals surface area contributed by atoms with Crippen LogP contribution in [0.1, 0.15) is 5.56 Å². The molecule has 0 bridgehead atoms. The molecule has 0 saturated carbocycles. The second kappa shape index (κ2) is 7.69. The molecule has 0 N–H and O–H groups in total. The molecule has 1 aromatic carbocycles. The number of nitrogens with zero attached hydrogens (tertiary/aromatic N) is 3. The molecular weight excluding hydrogens is 345 g/mol. The highest BCUT2D eigenvalue weighted by atomic mass is 35.5. The Bertz CT molecular complexity index is 741. The van der Waals surface area contributed by atoms with Crippen LogP contribution in [0, 0.1) is 0 Å². The van der Waals surface area contributed by atoms with Gasteiger partial charge in [0.2, 0.25) is 5.91 Å². The Morgan fingerprint density at radius 1 is 1.04 bits per heavy atom. The second-order valence-electron chi connectivity index (χ2n) is 5.49. The highest BCUT2D eigenvalue weighted by molar-refractivity contribution is 6.42. The van der Waals surface area contributed by atoms with E-state index in [-0.39, 0.29) is 5.91 Å². The lowest BCUT2D eigenvalue weighted by Crippen LogP contribution is -2.48. The Morgan fingerprint density at radius 2 is 1.75 bits per heavy atom. The second-order valence-corrected chi connectivity index (χ2v) is 6.28. The van der Waals surface area contributed by atoms with Crippen molar-refractivity contribution in [2.75, 3.05) is 31.1 Å².